The fourth-order valence-electron chi connectivity index (χ4n) is 2.11. The number of nitrogens with one attached hydrogen (secondary N) is 2. The van der Waals surface area contributed by atoms with Crippen LogP contribution in [0.5, 0.6) is 5.75 Å². The van der Waals surface area contributed by atoms with E-state index in [0.29, 0.717) is 24.9 Å². The summed E-state index contributed by atoms with van der Waals surface area (Å²) >= 11 is 0. The van der Waals surface area contributed by atoms with Crippen LogP contribution in [0.1, 0.15) is 12.5 Å². The van der Waals surface area contributed by atoms with E-state index in [9.17, 15) is 0 Å². The molecule has 3 aromatic rings. The van der Waals surface area contributed by atoms with Gasteiger partial charge in [0, 0.05) is 18.9 Å². The third kappa shape index (κ3) is 4.16. The molecule has 0 saturated heterocycles. The minimum atomic E-state index is 0.401. The number of ether oxygens (including phenoxy) is 1. The van der Waals surface area contributed by atoms with Crippen LogP contribution in [0, 0.1) is 0 Å². The number of para-hydroxylation sites is 2. The van der Waals surface area contributed by atoms with E-state index in [1.807, 2.05) is 43.3 Å². The second kappa shape index (κ2) is 7.87. The predicted octanol–water partition coefficient (Wildman–Crippen LogP) is 3.02. The number of anilines is 3. The number of aromatic nitrogens is 4. The van der Waals surface area contributed by atoms with Crippen molar-refractivity contribution in [2.24, 2.45) is 0 Å². The van der Waals surface area contributed by atoms with Gasteiger partial charge >= 0.3 is 0 Å². The van der Waals surface area contributed by atoms with Crippen molar-refractivity contribution in [3.63, 3.8) is 0 Å². The van der Waals surface area contributed by atoms with E-state index < -0.39 is 0 Å². The van der Waals surface area contributed by atoms with Crippen molar-refractivity contribution in [3.8, 4) is 5.75 Å². The summed E-state index contributed by atoms with van der Waals surface area (Å²) < 4.78 is 5.58. The lowest BCUT2D eigenvalue weighted by Crippen LogP contribution is -2.06. The Morgan fingerprint density at radius 3 is 2.83 bits per heavy atom. The Bertz CT molecular complexity index is 781. The summed E-state index contributed by atoms with van der Waals surface area (Å²) in [6.07, 6.45) is 5.13. The Hall–Kier alpha value is -3.22. The Morgan fingerprint density at radius 1 is 1.08 bits per heavy atom. The molecule has 1 aromatic carbocycles. The standard InChI is InChI=1S/C17H18N6O/c1-2-24-15-8-4-3-7-14(15)21-17-22-16(12-20-23-17)19-11-13-6-5-9-18-10-13/h3-10,12H,2,11H2,1H3,(H2,19,21,22,23). The Balaban J connectivity index is 1.69. The van der Waals surface area contributed by atoms with E-state index in [2.05, 4.69) is 30.8 Å². The summed E-state index contributed by atoms with van der Waals surface area (Å²) in [5.41, 5.74) is 1.86. The molecule has 0 radical (unpaired) electrons. The van der Waals surface area contributed by atoms with Gasteiger partial charge in [-0.2, -0.15) is 10.1 Å². The number of rotatable bonds is 7. The molecule has 0 aliphatic rings. The van der Waals surface area contributed by atoms with Crippen LogP contribution in [-0.2, 0) is 6.54 Å². The van der Waals surface area contributed by atoms with Gasteiger partial charge in [-0.25, -0.2) is 0 Å². The first kappa shape index (κ1) is 15.7. The minimum Gasteiger partial charge on any atom is -0.492 e. The van der Waals surface area contributed by atoms with Gasteiger partial charge < -0.3 is 15.4 Å². The molecule has 2 aromatic heterocycles. The zero-order valence-corrected chi connectivity index (χ0v) is 13.3. The fraction of sp³-hybridized carbons (Fsp3) is 0.176. The number of hydrogen-bond donors (Lipinski definition) is 2. The Labute approximate surface area is 140 Å². The topological polar surface area (TPSA) is 84.9 Å². The largest absolute Gasteiger partial charge is 0.492 e. The lowest BCUT2D eigenvalue weighted by molar-refractivity contribution is 0.342. The summed E-state index contributed by atoms with van der Waals surface area (Å²) in [5.74, 6) is 1.78. The van der Waals surface area contributed by atoms with Gasteiger partial charge in [0.05, 0.1) is 18.5 Å². The molecular weight excluding hydrogens is 304 g/mol. The van der Waals surface area contributed by atoms with E-state index in [-0.39, 0.29) is 0 Å². The molecule has 0 amide bonds. The molecule has 0 aliphatic heterocycles. The van der Waals surface area contributed by atoms with Gasteiger partial charge in [-0.3, -0.25) is 4.98 Å². The van der Waals surface area contributed by atoms with Crippen molar-refractivity contribution in [1.82, 2.24) is 20.2 Å². The first-order valence-corrected chi connectivity index (χ1v) is 7.66. The minimum absolute atomic E-state index is 0.401. The van der Waals surface area contributed by atoms with Gasteiger partial charge in [0.15, 0.2) is 5.82 Å². The number of nitrogens with zero attached hydrogens (tertiary/aromatic N) is 4. The van der Waals surface area contributed by atoms with Gasteiger partial charge in [-0.05, 0) is 30.7 Å². The van der Waals surface area contributed by atoms with Crippen molar-refractivity contribution >= 4 is 17.5 Å². The molecule has 3 rings (SSSR count). The van der Waals surface area contributed by atoms with Crippen molar-refractivity contribution in [3.05, 3.63) is 60.6 Å². The maximum atomic E-state index is 5.58. The first-order valence-electron chi connectivity index (χ1n) is 7.66. The molecule has 0 aliphatic carbocycles. The predicted molar refractivity (Wildman–Crippen MR) is 92.3 cm³/mol. The second-order valence-electron chi connectivity index (χ2n) is 4.93. The van der Waals surface area contributed by atoms with Crippen LogP contribution in [0.15, 0.2) is 55.0 Å². The molecule has 24 heavy (non-hydrogen) atoms. The van der Waals surface area contributed by atoms with Crippen LogP contribution in [0.3, 0.4) is 0 Å². The maximum Gasteiger partial charge on any atom is 0.249 e. The monoisotopic (exact) mass is 322 g/mol. The van der Waals surface area contributed by atoms with E-state index in [0.717, 1.165) is 17.0 Å². The highest BCUT2D eigenvalue weighted by atomic mass is 16.5. The normalized spacial score (nSPS) is 10.2. The third-order valence-corrected chi connectivity index (χ3v) is 3.19. The number of pyridine rings is 1. The highest BCUT2D eigenvalue weighted by Gasteiger charge is 2.06. The SMILES string of the molecule is CCOc1ccccc1Nc1nncc(NCc2cccnc2)n1. The molecule has 0 fully saturated rings. The van der Waals surface area contributed by atoms with E-state index in [1.54, 1.807) is 18.6 Å². The molecule has 7 heteroatoms. The second-order valence-corrected chi connectivity index (χ2v) is 4.93. The van der Waals surface area contributed by atoms with Gasteiger partial charge in [0.1, 0.15) is 5.75 Å². The summed E-state index contributed by atoms with van der Waals surface area (Å²) in [5, 5.41) is 14.3. The van der Waals surface area contributed by atoms with Gasteiger partial charge in [0.2, 0.25) is 5.95 Å². The Morgan fingerprint density at radius 2 is 2.00 bits per heavy atom. The van der Waals surface area contributed by atoms with Crippen LogP contribution in [0.2, 0.25) is 0 Å². The number of hydrogen-bond acceptors (Lipinski definition) is 7. The molecule has 2 heterocycles. The van der Waals surface area contributed by atoms with Crippen LogP contribution in [-0.4, -0.2) is 26.8 Å². The average molecular weight is 322 g/mol. The lowest BCUT2D eigenvalue weighted by Gasteiger charge is -2.11. The Kier molecular flexibility index (Phi) is 5.14. The van der Waals surface area contributed by atoms with Crippen LogP contribution < -0.4 is 15.4 Å². The molecule has 122 valence electrons. The van der Waals surface area contributed by atoms with Crippen molar-refractivity contribution in [1.29, 1.82) is 0 Å². The summed E-state index contributed by atoms with van der Waals surface area (Å²) in [4.78, 5) is 8.50. The molecule has 0 spiro atoms. The van der Waals surface area contributed by atoms with Crippen LogP contribution >= 0.6 is 0 Å². The molecule has 0 unspecified atom stereocenters. The highest BCUT2D eigenvalue weighted by molar-refractivity contribution is 5.62. The van der Waals surface area contributed by atoms with E-state index in [1.165, 1.54) is 0 Å². The zero-order valence-electron chi connectivity index (χ0n) is 13.3. The van der Waals surface area contributed by atoms with Gasteiger partial charge in [-0.1, -0.05) is 18.2 Å². The lowest BCUT2D eigenvalue weighted by atomic mass is 10.3. The van der Waals surface area contributed by atoms with Crippen molar-refractivity contribution in [2.45, 2.75) is 13.5 Å². The zero-order chi connectivity index (χ0) is 16.6. The molecular formula is C17H18N6O. The smallest absolute Gasteiger partial charge is 0.249 e. The molecule has 0 saturated carbocycles. The van der Waals surface area contributed by atoms with Crippen molar-refractivity contribution in [2.75, 3.05) is 17.2 Å². The summed E-state index contributed by atoms with van der Waals surface area (Å²) in [7, 11) is 0. The van der Waals surface area contributed by atoms with Crippen molar-refractivity contribution < 1.29 is 4.74 Å². The molecule has 2 N–H and O–H groups in total. The quantitative estimate of drug-likeness (QED) is 0.691. The third-order valence-electron chi connectivity index (χ3n) is 3.19. The molecule has 7 nitrogen and oxygen atoms in total. The first-order chi connectivity index (χ1) is 11.8. The van der Waals surface area contributed by atoms with Gasteiger partial charge in [-0.15, -0.1) is 5.10 Å². The number of benzene rings is 1. The maximum absolute atomic E-state index is 5.58. The molecule has 0 bridgehead atoms. The highest BCUT2D eigenvalue weighted by Crippen LogP contribution is 2.26. The van der Waals surface area contributed by atoms with Crippen LogP contribution in [0.4, 0.5) is 17.5 Å². The van der Waals surface area contributed by atoms with Gasteiger partial charge in [0.25, 0.3) is 0 Å². The summed E-state index contributed by atoms with van der Waals surface area (Å²) in [6.45, 7) is 3.14. The van der Waals surface area contributed by atoms with E-state index in [4.69, 9.17) is 4.74 Å². The average Bonchev–Trinajstić information content (AvgIpc) is 2.63. The summed E-state index contributed by atoms with van der Waals surface area (Å²) in [6, 6.07) is 11.5. The molecule has 0 atom stereocenters. The fourth-order valence-corrected chi connectivity index (χ4v) is 2.11. The van der Waals surface area contributed by atoms with Crippen LogP contribution in [0.25, 0.3) is 0 Å². The van der Waals surface area contributed by atoms with E-state index >= 15 is 0 Å².